The Morgan fingerprint density at radius 3 is 2.29 bits per heavy atom. The molecule has 0 spiro atoms. The summed E-state index contributed by atoms with van der Waals surface area (Å²) in [5, 5.41) is 3.70. The molecule has 0 aromatic heterocycles. The average Bonchev–Trinajstić information content (AvgIpc) is 2.35. The first-order chi connectivity index (χ1) is 8.19. The summed E-state index contributed by atoms with van der Waals surface area (Å²) in [6.07, 6.45) is 1.09. The highest BCUT2D eigenvalue weighted by atomic mass is 16.5. The third-order valence-electron chi connectivity index (χ3n) is 3.10. The van der Waals surface area contributed by atoms with E-state index in [-0.39, 0.29) is 0 Å². The Morgan fingerprint density at radius 2 is 1.82 bits per heavy atom. The maximum Gasteiger partial charge on any atom is 0.0615 e. The molecule has 1 aromatic rings. The average molecular weight is 235 g/mol. The van der Waals surface area contributed by atoms with Crippen LogP contribution in [0.25, 0.3) is 0 Å². The minimum absolute atomic E-state index is 0.399. The molecule has 2 heteroatoms. The molecule has 96 valence electrons. The second-order valence-corrected chi connectivity index (χ2v) is 4.86. The van der Waals surface area contributed by atoms with Crippen molar-refractivity contribution in [1.82, 2.24) is 5.32 Å². The van der Waals surface area contributed by atoms with E-state index in [2.05, 4.69) is 56.4 Å². The fraction of sp³-hybridized carbons (Fsp3) is 0.600. The van der Waals surface area contributed by atoms with Crippen molar-refractivity contribution in [3.05, 3.63) is 35.9 Å². The van der Waals surface area contributed by atoms with Crippen molar-refractivity contribution in [3.63, 3.8) is 0 Å². The first-order valence-electron chi connectivity index (χ1n) is 6.49. The highest BCUT2D eigenvalue weighted by Crippen LogP contribution is 2.22. The molecule has 0 bridgehead atoms. The van der Waals surface area contributed by atoms with Gasteiger partial charge in [-0.25, -0.2) is 0 Å². The number of nitrogens with one attached hydrogen (secondary N) is 1. The second-order valence-electron chi connectivity index (χ2n) is 4.86. The highest BCUT2D eigenvalue weighted by molar-refractivity contribution is 5.19. The molecule has 0 aliphatic rings. The summed E-state index contributed by atoms with van der Waals surface area (Å²) >= 11 is 0. The number of rotatable bonds is 7. The van der Waals surface area contributed by atoms with E-state index in [0.29, 0.717) is 18.0 Å². The highest BCUT2D eigenvalue weighted by Gasteiger charge is 2.18. The first-order valence-corrected chi connectivity index (χ1v) is 6.49. The fourth-order valence-corrected chi connectivity index (χ4v) is 2.07. The smallest absolute Gasteiger partial charge is 0.0615 e. The Kier molecular flexibility index (Phi) is 6.23. The number of hydrogen-bond donors (Lipinski definition) is 1. The Hall–Kier alpha value is -0.860. The molecule has 0 fully saturated rings. The van der Waals surface area contributed by atoms with Gasteiger partial charge in [-0.3, -0.25) is 0 Å². The van der Waals surface area contributed by atoms with Crippen LogP contribution in [0.4, 0.5) is 0 Å². The van der Waals surface area contributed by atoms with Gasteiger partial charge < -0.3 is 10.1 Å². The van der Waals surface area contributed by atoms with Crippen LogP contribution in [0.2, 0.25) is 0 Å². The zero-order valence-corrected chi connectivity index (χ0v) is 11.4. The van der Waals surface area contributed by atoms with Gasteiger partial charge in [-0.15, -0.1) is 0 Å². The Bertz CT molecular complexity index is 297. The zero-order valence-electron chi connectivity index (χ0n) is 11.4. The van der Waals surface area contributed by atoms with E-state index in [1.807, 2.05) is 0 Å². The Balaban J connectivity index is 2.73. The fourth-order valence-electron chi connectivity index (χ4n) is 2.07. The van der Waals surface area contributed by atoms with Gasteiger partial charge in [0, 0.05) is 19.2 Å². The summed E-state index contributed by atoms with van der Waals surface area (Å²) in [6, 6.07) is 11.5. The number of ether oxygens (including phenoxy) is 1. The molecule has 17 heavy (non-hydrogen) atoms. The minimum Gasteiger partial charge on any atom is -0.383 e. The van der Waals surface area contributed by atoms with Gasteiger partial charge in [0.2, 0.25) is 0 Å². The largest absolute Gasteiger partial charge is 0.383 e. The molecule has 0 aliphatic carbocycles. The second kappa shape index (κ2) is 7.46. The molecule has 2 nitrogen and oxygen atoms in total. The molecule has 2 unspecified atom stereocenters. The third-order valence-corrected chi connectivity index (χ3v) is 3.10. The van der Waals surface area contributed by atoms with Crippen LogP contribution in [-0.4, -0.2) is 19.8 Å². The SMILES string of the molecule is CCC(COC)NC(c1ccccc1)C(C)C. The van der Waals surface area contributed by atoms with E-state index in [0.717, 1.165) is 13.0 Å². The minimum atomic E-state index is 0.399. The van der Waals surface area contributed by atoms with E-state index in [1.54, 1.807) is 7.11 Å². The Labute approximate surface area is 105 Å². The predicted molar refractivity (Wildman–Crippen MR) is 73.1 cm³/mol. The van der Waals surface area contributed by atoms with Gasteiger partial charge in [-0.2, -0.15) is 0 Å². The normalized spacial score (nSPS) is 14.9. The van der Waals surface area contributed by atoms with Crippen LogP contribution in [0.15, 0.2) is 30.3 Å². The topological polar surface area (TPSA) is 21.3 Å². The molecular formula is C15H25NO. The first kappa shape index (κ1) is 14.2. The van der Waals surface area contributed by atoms with Gasteiger partial charge in [-0.05, 0) is 17.9 Å². The molecule has 0 amide bonds. The standard InChI is InChI=1S/C15H25NO/c1-5-14(11-17-4)16-15(12(2)3)13-9-7-6-8-10-13/h6-10,12,14-16H,5,11H2,1-4H3. The van der Waals surface area contributed by atoms with Gasteiger partial charge >= 0.3 is 0 Å². The van der Waals surface area contributed by atoms with Crippen LogP contribution in [-0.2, 0) is 4.74 Å². The van der Waals surface area contributed by atoms with Crippen molar-refractivity contribution in [2.24, 2.45) is 5.92 Å². The molecule has 0 radical (unpaired) electrons. The quantitative estimate of drug-likeness (QED) is 0.782. The molecule has 0 aliphatic heterocycles. The van der Waals surface area contributed by atoms with Gasteiger partial charge in [0.1, 0.15) is 0 Å². The van der Waals surface area contributed by atoms with Crippen molar-refractivity contribution < 1.29 is 4.74 Å². The molecule has 0 saturated carbocycles. The van der Waals surface area contributed by atoms with Gasteiger partial charge in [0.25, 0.3) is 0 Å². The van der Waals surface area contributed by atoms with Crippen LogP contribution in [0.1, 0.15) is 38.8 Å². The number of hydrogen-bond acceptors (Lipinski definition) is 2. The molecule has 2 atom stereocenters. The molecule has 0 saturated heterocycles. The van der Waals surface area contributed by atoms with E-state index in [9.17, 15) is 0 Å². The lowest BCUT2D eigenvalue weighted by Crippen LogP contribution is -2.37. The summed E-state index contributed by atoms with van der Waals surface area (Å²) in [7, 11) is 1.76. The van der Waals surface area contributed by atoms with Crippen LogP contribution in [0, 0.1) is 5.92 Å². The zero-order chi connectivity index (χ0) is 12.7. The third kappa shape index (κ3) is 4.49. The monoisotopic (exact) mass is 235 g/mol. The maximum absolute atomic E-state index is 5.25. The van der Waals surface area contributed by atoms with Crippen molar-refractivity contribution in [2.45, 2.75) is 39.3 Å². The van der Waals surface area contributed by atoms with Crippen molar-refractivity contribution in [3.8, 4) is 0 Å². The lowest BCUT2D eigenvalue weighted by atomic mass is 9.95. The van der Waals surface area contributed by atoms with Crippen LogP contribution in [0.5, 0.6) is 0 Å². The number of benzene rings is 1. The molecule has 1 rings (SSSR count). The summed E-state index contributed by atoms with van der Waals surface area (Å²) < 4.78 is 5.25. The summed E-state index contributed by atoms with van der Waals surface area (Å²) in [5.41, 5.74) is 1.36. The summed E-state index contributed by atoms with van der Waals surface area (Å²) in [6.45, 7) is 7.47. The number of methoxy groups -OCH3 is 1. The van der Waals surface area contributed by atoms with Crippen molar-refractivity contribution >= 4 is 0 Å². The lowest BCUT2D eigenvalue weighted by molar-refractivity contribution is 0.153. The molecule has 1 aromatic carbocycles. The van der Waals surface area contributed by atoms with Crippen LogP contribution in [0.3, 0.4) is 0 Å². The predicted octanol–water partition coefficient (Wildman–Crippen LogP) is 3.40. The van der Waals surface area contributed by atoms with E-state index in [4.69, 9.17) is 4.74 Å². The van der Waals surface area contributed by atoms with E-state index >= 15 is 0 Å². The van der Waals surface area contributed by atoms with Gasteiger partial charge in [0.05, 0.1) is 6.61 Å². The van der Waals surface area contributed by atoms with Gasteiger partial charge in [0.15, 0.2) is 0 Å². The van der Waals surface area contributed by atoms with Crippen LogP contribution < -0.4 is 5.32 Å². The van der Waals surface area contributed by atoms with Crippen molar-refractivity contribution in [1.29, 1.82) is 0 Å². The molecule has 0 heterocycles. The maximum atomic E-state index is 5.25. The Morgan fingerprint density at radius 1 is 1.18 bits per heavy atom. The summed E-state index contributed by atoms with van der Waals surface area (Å²) in [4.78, 5) is 0. The van der Waals surface area contributed by atoms with Crippen molar-refractivity contribution in [2.75, 3.05) is 13.7 Å². The van der Waals surface area contributed by atoms with Gasteiger partial charge in [-0.1, -0.05) is 51.1 Å². The van der Waals surface area contributed by atoms with Crippen LogP contribution >= 0.6 is 0 Å². The van der Waals surface area contributed by atoms with E-state index in [1.165, 1.54) is 5.56 Å². The molecular weight excluding hydrogens is 210 g/mol. The van der Waals surface area contributed by atoms with E-state index < -0.39 is 0 Å². The summed E-state index contributed by atoms with van der Waals surface area (Å²) in [5.74, 6) is 0.573. The lowest BCUT2D eigenvalue weighted by Gasteiger charge is -2.28. The molecule has 1 N–H and O–H groups in total.